The molecule has 134 valence electrons. The van der Waals surface area contributed by atoms with Crippen LogP contribution in [0.5, 0.6) is 0 Å². The molecule has 0 aliphatic rings. The molecule has 1 atom stereocenters. The van der Waals surface area contributed by atoms with E-state index in [0.29, 0.717) is 0 Å². The highest BCUT2D eigenvalue weighted by molar-refractivity contribution is 6.00. The summed E-state index contributed by atoms with van der Waals surface area (Å²) >= 11 is 0. The van der Waals surface area contributed by atoms with Crippen LogP contribution in [-0.4, -0.2) is 17.9 Å². The Kier molecular flexibility index (Phi) is 6.81. The lowest BCUT2D eigenvalue weighted by Crippen LogP contribution is -2.47. The summed E-state index contributed by atoms with van der Waals surface area (Å²) in [6.07, 6.45) is 4.78. The summed E-state index contributed by atoms with van der Waals surface area (Å²) in [5, 5.41) is 5.61. The fraction of sp³-hybridized carbons (Fsp3) is 0.400. The third kappa shape index (κ3) is 5.48. The van der Waals surface area contributed by atoms with Gasteiger partial charge in [-0.05, 0) is 48.6 Å². The minimum Gasteiger partial charge on any atom is -0.459 e. The van der Waals surface area contributed by atoms with Crippen molar-refractivity contribution in [1.82, 2.24) is 5.32 Å². The molecule has 25 heavy (non-hydrogen) atoms. The summed E-state index contributed by atoms with van der Waals surface area (Å²) in [6, 6.07) is 10.4. The number of benzene rings is 1. The van der Waals surface area contributed by atoms with Crippen molar-refractivity contribution in [3.05, 3.63) is 54.0 Å². The number of rotatable bonds is 8. The molecule has 2 N–H and O–H groups in total. The highest BCUT2D eigenvalue weighted by atomic mass is 16.3. The molecule has 0 bridgehead atoms. The second-order valence-electron chi connectivity index (χ2n) is 6.46. The lowest BCUT2D eigenvalue weighted by molar-refractivity contribution is -0.118. The molecule has 0 saturated carbocycles. The van der Waals surface area contributed by atoms with Crippen LogP contribution in [0.15, 0.2) is 47.1 Å². The van der Waals surface area contributed by atoms with Crippen LogP contribution in [0, 0.1) is 5.92 Å². The minimum absolute atomic E-state index is 0.0530. The van der Waals surface area contributed by atoms with Gasteiger partial charge < -0.3 is 15.1 Å². The number of carbonyl (C=O) groups is 2. The number of hydrogen-bond acceptors (Lipinski definition) is 3. The van der Waals surface area contributed by atoms with Gasteiger partial charge in [-0.25, -0.2) is 0 Å². The van der Waals surface area contributed by atoms with E-state index < -0.39 is 11.9 Å². The van der Waals surface area contributed by atoms with Crippen molar-refractivity contribution in [3.8, 4) is 0 Å². The quantitative estimate of drug-likeness (QED) is 0.761. The minimum atomic E-state index is -0.641. The van der Waals surface area contributed by atoms with E-state index in [4.69, 9.17) is 4.42 Å². The molecule has 1 heterocycles. The molecule has 2 aromatic rings. The van der Waals surface area contributed by atoms with Crippen LogP contribution in [0.1, 0.15) is 49.7 Å². The second-order valence-corrected chi connectivity index (χ2v) is 6.46. The zero-order valence-electron chi connectivity index (χ0n) is 15.0. The van der Waals surface area contributed by atoms with Crippen LogP contribution in [-0.2, 0) is 11.2 Å². The summed E-state index contributed by atoms with van der Waals surface area (Å²) in [4.78, 5) is 24.7. The zero-order chi connectivity index (χ0) is 18.2. The Hall–Kier alpha value is -2.56. The number of furan rings is 1. The molecule has 0 aliphatic heterocycles. The smallest absolute Gasteiger partial charge is 0.287 e. The Bertz CT molecular complexity index is 675. The molecule has 0 radical (unpaired) electrons. The molecular formula is C20H26N2O3. The van der Waals surface area contributed by atoms with Crippen molar-refractivity contribution in [2.75, 3.05) is 5.32 Å². The molecule has 1 aromatic carbocycles. The molecule has 2 rings (SSSR count). The van der Waals surface area contributed by atoms with Crippen molar-refractivity contribution in [3.63, 3.8) is 0 Å². The van der Waals surface area contributed by atoms with Crippen LogP contribution >= 0.6 is 0 Å². The molecular weight excluding hydrogens is 316 g/mol. The first-order valence-corrected chi connectivity index (χ1v) is 8.75. The number of aryl methyl sites for hydroxylation is 1. The number of nitrogens with one attached hydrogen (secondary N) is 2. The third-order valence-electron chi connectivity index (χ3n) is 4.02. The van der Waals surface area contributed by atoms with Crippen LogP contribution in [0.2, 0.25) is 0 Å². The molecule has 0 spiro atoms. The van der Waals surface area contributed by atoms with Crippen LogP contribution in [0.3, 0.4) is 0 Å². The van der Waals surface area contributed by atoms with Gasteiger partial charge in [0.05, 0.1) is 6.26 Å². The highest BCUT2D eigenvalue weighted by Crippen LogP contribution is 2.14. The van der Waals surface area contributed by atoms with Gasteiger partial charge in [0.15, 0.2) is 5.76 Å². The van der Waals surface area contributed by atoms with Gasteiger partial charge in [0.1, 0.15) is 6.04 Å². The fourth-order valence-electron chi connectivity index (χ4n) is 2.51. The summed E-state index contributed by atoms with van der Waals surface area (Å²) < 4.78 is 5.08. The van der Waals surface area contributed by atoms with Gasteiger partial charge in [0.25, 0.3) is 5.91 Å². The first kappa shape index (κ1) is 18.8. The Balaban J connectivity index is 1.99. The second kappa shape index (κ2) is 9.06. The van der Waals surface area contributed by atoms with E-state index in [0.717, 1.165) is 24.9 Å². The summed E-state index contributed by atoms with van der Waals surface area (Å²) in [5.74, 6) is -0.494. The Morgan fingerprint density at radius 3 is 2.40 bits per heavy atom. The molecule has 0 aliphatic carbocycles. The van der Waals surface area contributed by atoms with Gasteiger partial charge in [-0.15, -0.1) is 0 Å². The number of amides is 2. The number of hydrogen-bond donors (Lipinski definition) is 2. The number of carbonyl (C=O) groups excluding carboxylic acids is 2. The molecule has 0 fully saturated rings. The summed E-state index contributed by atoms with van der Waals surface area (Å²) in [6.45, 7) is 5.94. The van der Waals surface area contributed by atoms with Crippen molar-refractivity contribution in [2.45, 2.75) is 46.1 Å². The van der Waals surface area contributed by atoms with Gasteiger partial charge in [-0.3, -0.25) is 9.59 Å². The third-order valence-corrected chi connectivity index (χ3v) is 4.02. The van der Waals surface area contributed by atoms with Crippen molar-refractivity contribution in [1.29, 1.82) is 0 Å². The van der Waals surface area contributed by atoms with Gasteiger partial charge in [0, 0.05) is 5.69 Å². The van der Waals surface area contributed by atoms with E-state index in [1.165, 1.54) is 11.8 Å². The maximum Gasteiger partial charge on any atom is 0.287 e. The highest BCUT2D eigenvalue weighted by Gasteiger charge is 2.25. The first-order chi connectivity index (χ1) is 12.0. The van der Waals surface area contributed by atoms with Crippen LogP contribution < -0.4 is 10.6 Å². The Labute approximate surface area is 148 Å². The van der Waals surface area contributed by atoms with E-state index in [2.05, 4.69) is 17.6 Å². The average Bonchev–Trinajstić information content (AvgIpc) is 3.13. The van der Waals surface area contributed by atoms with E-state index >= 15 is 0 Å². The maximum absolute atomic E-state index is 12.6. The largest absolute Gasteiger partial charge is 0.459 e. The van der Waals surface area contributed by atoms with Crippen molar-refractivity contribution < 1.29 is 14.0 Å². The summed E-state index contributed by atoms with van der Waals surface area (Å²) in [5.41, 5.74) is 1.98. The Morgan fingerprint density at radius 2 is 1.84 bits per heavy atom. The SMILES string of the molecule is CCCCc1ccc(NC(=O)C(NC(=O)c2ccco2)C(C)C)cc1. The predicted octanol–water partition coefficient (Wildman–Crippen LogP) is 4.02. The Morgan fingerprint density at radius 1 is 1.12 bits per heavy atom. The molecule has 2 amide bonds. The van der Waals surface area contributed by atoms with Crippen LogP contribution in [0.25, 0.3) is 0 Å². The van der Waals surface area contributed by atoms with Gasteiger partial charge >= 0.3 is 0 Å². The lowest BCUT2D eigenvalue weighted by Gasteiger charge is -2.21. The predicted molar refractivity (Wildman–Crippen MR) is 98.5 cm³/mol. The summed E-state index contributed by atoms with van der Waals surface area (Å²) in [7, 11) is 0. The standard InChI is InChI=1S/C20H26N2O3/c1-4-5-7-15-9-11-16(12-10-15)21-20(24)18(14(2)3)22-19(23)17-8-6-13-25-17/h6,8-14,18H,4-5,7H2,1-3H3,(H,21,24)(H,22,23). The average molecular weight is 342 g/mol. The lowest BCUT2D eigenvalue weighted by atomic mass is 10.0. The zero-order valence-corrected chi connectivity index (χ0v) is 15.0. The molecule has 0 saturated heterocycles. The van der Waals surface area contributed by atoms with E-state index in [-0.39, 0.29) is 17.6 Å². The van der Waals surface area contributed by atoms with E-state index in [1.807, 2.05) is 38.1 Å². The van der Waals surface area contributed by atoms with Crippen molar-refractivity contribution in [2.24, 2.45) is 5.92 Å². The topological polar surface area (TPSA) is 71.3 Å². The van der Waals surface area contributed by atoms with E-state index in [9.17, 15) is 9.59 Å². The van der Waals surface area contributed by atoms with E-state index in [1.54, 1.807) is 12.1 Å². The monoisotopic (exact) mass is 342 g/mol. The normalized spacial score (nSPS) is 12.0. The number of unbranched alkanes of at least 4 members (excludes halogenated alkanes) is 1. The van der Waals surface area contributed by atoms with Gasteiger partial charge in [-0.2, -0.15) is 0 Å². The van der Waals surface area contributed by atoms with Crippen molar-refractivity contribution >= 4 is 17.5 Å². The van der Waals surface area contributed by atoms with Gasteiger partial charge in [0.2, 0.25) is 5.91 Å². The molecule has 1 aromatic heterocycles. The maximum atomic E-state index is 12.6. The molecule has 1 unspecified atom stereocenters. The molecule has 5 nitrogen and oxygen atoms in total. The number of anilines is 1. The molecule has 5 heteroatoms. The first-order valence-electron chi connectivity index (χ1n) is 8.75. The fourth-order valence-corrected chi connectivity index (χ4v) is 2.51. The van der Waals surface area contributed by atoms with Gasteiger partial charge in [-0.1, -0.05) is 39.3 Å². The van der Waals surface area contributed by atoms with Crippen LogP contribution in [0.4, 0.5) is 5.69 Å².